The molecule has 2 unspecified atom stereocenters. The largest absolute Gasteiger partial charge is 0.315 e. The van der Waals surface area contributed by atoms with Gasteiger partial charge < -0.3 is 15.5 Å². The topological polar surface area (TPSA) is 27.3 Å². The lowest BCUT2D eigenvalue weighted by Crippen LogP contribution is -2.38. The molecule has 2 fully saturated rings. The Balaban J connectivity index is 1.51. The van der Waals surface area contributed by atoms with E-state index in [4.69, 9.17) is 0 Å². The predicted octanol–water partition coefficient (Wildman–Crippen LogP) is 1.06. The van der Waals surface area contributed by atoms with E-state index in [1.54, 1.807) is 0 Å². The van der Waals surface area contributed by atoms with Crippen molar-refractivity contribution in [2.75, 3.05) is 39.3 Å². The molecule has 0 aromatic carbocycles. The molecule has 94 valence electrons. The fourth-order valence-electron chi connectivity index (χ4n) is 2.91. The van der Waals surface area contributed by atoms with E-state index in [2.05, 4.69) is 22.5 Å². The summed E-state index contributed by atoms with van der Waals surface area (Å²) >= 11 is 0. The van der Waals surface area contributed by atoms with Crippen molar-refractivity contribution in [2.24, 2.45) is 5.92 Å². The van der Waals surface area contributed by atoms with Gasteiger partial charge in [0.25, 0.3) is 0 Å². The van der Waals surface area contributed by atoms with Crippen LogP contribution in [0, 0.1) is 5.92 Å². The Bertz CT molecular complexity index is 184. The van der Waals surface area contributed by atoms with Crippen molar-refractivity contribution in [1.29, 1.82) is 0 Å². The minimum Gasteiger partial charge on any atom is -0.315 e. The maximum Gasteiger partial charge on any atom is 0.0192 e. The van der Waals surface area contributed by atoms with Crippen LogP contribution in [0.5, 0.6) is 0 Å². The Morgan fingerprint density at radius 2 is 2.12 bits per heavy atom. The molecule has 0 aliphatic carbocycles. The first-order chi connectivity index (χ1) is 7.84. The molecule has 3 heteroatoms. The highest BCUT2D eigenvalue weighted by Gasteiger charge is 2.16. The van der Waals surface area contributed by atoms with Crippen LogP contribution in [0.3, 0.4) is 0 Å². The van der Waals surface area contributed by atoms with Crippen molar-refractivity contribution in [1.82, 2.24) is 15.5 Å². The SMILES string of the molecule is CC(CNCC1CCCN1)CN1CCCC1. The van der Waals surface area contributed by atoms with E-state index in [9.17, 15) is 0 Å². The molecular formula is C13H27N3. The van der Waals surface area contributed by atoms with E-state index in [1.165, 1.54) is 58.4 Å². The molecule has 2 N–H and O–H groups in total. The lowest BCUT2D eigenvalue weighted by Gasteiger charge is -2.21. The van der Waals surface area contributed by atoms with E-state index in [0.29, 0.717) is 0 Å². The maximum absolute atomic E-state index is 3.61. The average Bonchev–Trinajstić information content (AvgIpc) is 2.90. The van der Waals surface area contributed by atoms with Crippen LogP contribution in [0.25, 0.3) is 0 Å². The minimum atomic E-state index is 0.735. The molecule has 2 aliphatic heterocycles. The summed E-state index contributed by atoms with van der Waals surface area (Å²) < 4.78 is 0. The number of hydrogen-bond acceptors (Lipinski definition) is 3. The second kappa shape index (κ2) is 6.58. The lowest BCUT2D eigenvalue weighted by atomic mass is 10.1. The summed E-state index contributed by atoms with van der Waals surface area (Å²) in [6, 6.07) is 0.735. The van der Waals surface area contributed by atoms with Crippen molar-refractivity contribution >= 4 is 0 Å². The number of likely N-dealkylation sites (tertiary alicyclic amines) is 1. The van der Waals surface area contributed by atoms with Crippen molar-refractivity contribution in [3.63, 3.8) is 0 Å². The molecule has 2 atom stereocenters. The number of rotatable bonds is 6. The summed E-state index contributed by atoms with van der Waals surface area (Å²) in [6.07, 6.45) is 5.53. The van der Waals surface area contributed by atoms with Gasteiger partial charge in [0, 0.05) is 19.1 Å². The lowest BCUT2D eigenvalue weighted by molar-refractivity contribution is 0.281. The molecule has 16 heavy (non-hydrogen) atoms. The quantitative estimate of drug-likeness (QED) is 0.708. The Hall–Kier alpha value is -0.120. The number of hydrogen-bond donors (Lipinski definition) is 2. The molecule has 0 amide bonds. The van der Waals surface area contributed by atoms with Gasteiger partial charge in [-0.2, -0.15) is 0 Å². The van der Waals surface area contributed by atoms with Crippen LogP contribution in [0.1, 0.15) is 32.6 Å². The van der Waals surface area contributed by atoms with Gasteiger partial charge in [0.1, 0.15) is 0 Å². The summed E-state index contributed by atoms with van der Waals surface area (Å²) in [5.74, 6) is 0.791. The highest BCUT2D eigenvalue weighted by molar-refractivity contribution is 4.77. The van der Waals surface area contributed by atoms with Crippen molar-refractivity contribution in [3.8, 4) is 0 Å². The maximum atomic E-state index is 3.61. The van der Waals surface area contributed by atoms with E-state index in [1.807, 2.05) is 0 Å². The molecule has 3 nitrogen and oxygen atoms in total. The third kappa shape index (κ3) is 4.04. The fourth-order valence-corrected chi connectivity index (χ4v) is 2.91. The second-order valence-corrected chi connectivity index (χ2v) is 5.56. The van der Waals surface area contributed by atoms with Crippen molar-refractivity contribution in [2.45, 2.75) is 38.6 Å². The van der Waals surface area contributed by atoms with Gasteiger partial charge in [0.15, 0.2) is 0 Å². The molecule has 0 aromatic rings. The van der Waals surface area contributed by atoms with Crippen LogP contribution in [0.4, 0.5) is 0 Å². The molecule has 0 aromatic heterocycles. The summed E-state index contributed by atoms with van der Waals surface area (Å²) in [4.78, 5) is 2.61. The fraction of sp³-hybridized carbons (Fsp3) is 1.00. The van der Waals surface area contributed by atoms with Crippen LogP contribution in [-0.2, 0) is 0 Å². The summed E-state index contributed by atoms with van der Waals surface area (Å²) in [5.41, 5.74) is 0. The van der Waals surface area contributed by atoms with Crippen LogP contribution in [0.15, 0.2) is 0 Å². The second-order valence-electron chi connectivity index (χ2n) is 5.56. The van der Waals surface area contributed by atoms with E-state index < -0.39 is 0 Å². The third-order valence-corrected chi connectivity index (χ3v) is 3.81. The number of nitrogens with one attached hydrogen (secondary N) is 2. The third-order valence-electron chi connectivity index (χ3n) is 3.81. The van der Waals surface area contributed by atoms with Crippen LogP contribution in [-0.4, -0.2) is 50.2 Å². The average molecular weight is 225 g/mol. The van der Waals surface area contributed by atoms with Gasteiger partial charge >= 0.3 is 0 Å². The van der Waals surface area contributed by atoms with Gasteiger partial charge in [-0.05, 0) is 57.8 Å². The first-order valence-electron chi connectivity index (χ1n) is 7.01. The van der Waals surface area contributed by atoms with Crippen molar-refractivity contribution in [3.05, 3.63) is 0 Å². The zero-order valence-electron chi connectivity index (χ0n) is 10.7. The van der Waals surface area contributed by atoms with E-state index in [0.717, 1.165) is 18.5 Å². The molecule has 0 saturated carbocycles. The van der Waals surface area contributed by atoms with Crippen LogP contribution >= 0.6 is 0 Å². The monoisotopic (exact) mass is 225 g/mol. The van der Waals surface area contributed by atoms with Gasteiger partial charge in [-0.15, -0.1) is 0 Å². The standard InChI is InChI=1S/C13H27N3/c1-12(11-16-7-2-3-8-16)9-14-10-13-5-4-6-15-13/h12-15H,2-11H2,1H3. The smallest absolute Gasteiger partial charge is 0.0192 e. The molecule has 0 bridgehead atoms. The molecule has 2 aliphatic rings. The molecule has 0 spiro atoms. The van der Waals surface area contributed by atoms with Crippen LogP contribution < -0.4 is 10.6 Å². The zero-order valence-corrected chi connectivity index (χ0v) is 10.7. The summed E-state index contributed by atoms with van der Waals surface area (Å²) in [7, 11) is 0. The van der Waals surface area contributed by atoms with E-state index in [-0.39, 0.29) is 0 Å². The normalized spacial score (nSPS) is 28.7. The van der Waals surface area contributed by atoms with Crippen LogP contribution in [0.2, 0.25) is 0 Å². The van der Waals surface area contributed by atoms with Crippen molar-refractivity contribution < 1.29 is 0 Å². The molecule has 0 radical (unpaired) electrons. The first kappa shape index (κ1) is 12.3. The molecule has 2 rings (SSSR count). The van der Waals surface area contributed by atoms with Gasteiger partial charge in [-0.1, -0.05) is 6.92 Å². The zero-order chi connectivity index (χ0) is 11.2. The highest BCUT2D eigenvalue weighted by Crippen LogP contribution is 2.10. The number of nitrogens with zero attached hydrogens (tertiary/aromatic N) is 1. The minimum absolute atomic E-state index is 0.735. The molecule has 2 heterocycles. The molecular weight excluding hydrogens is 198 g/mol. The predicted molar refractivity (Wildman–Crippen MR) is 68.7 cm³/mol. The highest BCUT2D eigenvalue weighted by atomic mass is 15.1. The van der Waals surface area contributed by atoms with Gasteiger partial charge in [0.2, 0.25) is 0 Å². The Morgan fingerprint density at radius 3 is 2.81 bits per heavy atom. The van der Waals surface area contributed by atoms with Gasteiger partial charge in [-0.3, -0.25) is 0 Å². The Kier molecular flexibility index (Phi) is 5.07. The summed E-state index contributed by atoms with van der Waals surface area (Å²) in [6.45, 7) is 9.86. The molecule has 2 saturated heterocycles. The Labute approximate surface area is 100.0 Å². The van der Waals surface area contributed by atoms with Gasteiger partial charge in [0.05, 0.1) is 0 Å². The summed E-state index contributed by atoms with van der Waals surface area (Å²) in [5, 5.41) is 7.14. The van der Waals surface area contributed by atoms with Gasteiger partial charge in [-0.25, -0.2) is 0 Å². The van der Waals surface area contributed by atoms with E-state index >= 15 is 0 Å². The Morgan fingerprint density at radius 1 is 1.31 bits per heavy atom. The first-order valence-corrected chi connectivity index (χ1v) is 7.01.